The molecular weight excluding hydrogens is 188 g/mol. The van der Waals surface area contributed by atoms with Gasteiger partial charge in [0.15, 0.2) is 0 Å². The highest BCUT2D eigenvalue weighted by atomic mass is 16.2. The maximum Gasteiger partial charge on any atom is 0.236 e. The number of hydrogen-bond donors (Lipinski definition) is 0. The Labute approximate surface area is 91.1 Å². The highest BCUT2D eigenvalue weighted by Crippen LogP contribution is 2.45. The molecule has 3 heteroatoms. The number of likely N-dealkylation sites (tertiary alicyclic amines) is 1. The lowest BCUT2D eigenvalue weighted by atomic mass is 9.91. The molecule has 1 amide bonds. The van der Waals surface area contributed by atoms with Gasteiger partial charge in [0, 0.05) is 13.1 Å². The lowest BCUT2D eigenvalue weighted by Crippen LogP contribution is -2.30. The first-order valence-corrected chi connectivity index (χ1v) is 5.78. The van der Waals surface area contributed by atoms with Crippen LogP contribution in [0.1, 0.15) is 26.7 Å². The fourth-order valence-corrected chi connectivity index (χ4v) is 3.24. The van der Waals surface area contributed by atoms with Gasteiger partial charge in [0.2, 0.25) is 5.91 Å². The Hall–Kier alpha value is -1.04. The van der Waals surface area contributed by atoms with Crippen molar-refractivity contribution in [2.75, 3.05) is 13.1 Å². The van der Waals surface area contributed by atoms with Gasteiger partial charge in [-0.15, -0.1) is 0 Å². The van der Waals surface area contributed by atoms with E-state index in [1.165, 1.54) is 6.42 Å². The normalized spacial score (nSPS) is 38.9. The molecule has 4 atom stereocenters. The molecule has 0 aromatic rings. The van der Waals surface area contributed by atoms with Crippen LogP contribution in [-0.2, 0) is 4.79 Å². The van der Waals surface area contributed by atoms with Crippen LogP contribution in [-0.4, -0.2) is 23.9 Å². The van der Waals surface area contributed by atoms with E-state index in [9.17, 15) is 4.79 Å². The van der Waals surface area contributed by atoms with E-state index in [4.69, 9.17) is 5.26 Å². The number of nitriles is 1. The third kappa shape index (κ3) is 1.73. The second-order valence-corrected chi connectivity index (χ2v) is 5.13. The monoisotopic (exact) mass is 206 g/mol. The van der Waals surface area contributed by atoms with Crippen molar-refractivity contribution in [1.82, 2.24) is 4.90 Å². The number of fused-ring (bicyclic) bond motifs is 1. The average molecular weight is 206 g/mol. The molecule has 0 bridgehead atoms. The minimum atomic E-state index is 0.0201. The first kappa shape index (κ1) is 10.5. The number of carbonyl (C=O) groups excluding carboxylic acids is 1. The molecule has 0 N–H and O–H groups in total. The van der Waals surface area contributed by atoms with E-state index >= 15 is 0 Å². The van der Waals surface area contributed by atoms with Crippen LogP contribution >= 0.6 is 0 Å². The number of hydrogen-bond acceptors (Lipinski definition) is 2. The van der Waals surface area contributed by atoms with E-state index in [0.29, 0.717) is 11.8 Å². The minimum Gasteiger partial charge on any atom is -0.341 e. The second-order valence-electron chi connectivity index (χ2n) is 5.13. The van der Waals surface area contributed by atoms with Crippen molar-refractivity contribution in [2.45, 2.75) is 26.7 Å². The van der Waals surface area contributed by atoms with Gasteiger partial charge in [-0.2, -0.15) is 5.26 Å². The topological polar surface area (TPSA) is 44.1 Å². The molecule has 1 aliphatic heterocycles. The van der Waals surface area contributed by atoms with E-state index in [1.807, 2.05) is 11.0 Å². The van der Waals surface area contributed by atoms with Crippen LogP contribution < -0.4 is 0 Å². The summed E-state index contributed by atoms with van der Waals surface area (Å²) in [6.07, 6.45) is 1.30. The van der Waals surface area contributed by atoms with Gasteiger partial charge in [-0.3, -0.25) is 4.79 Å². The third-order valence-electron chi connectivity index (χ3n) is 4.32. The SMILES string of the molecule is CC1CC2CN(C(=O)CC#N)CC2C1C. The van der Waals surface area contributed by atoms with Crippen molar-refractivity contribution >= 4 is 5.91 Å². The minimum absolute atomic E-state index is 0.0201. The average Bonchev–Trinajstić information content (AvgIpc) is 2.70. The Morgan fingerprint density at radius 1 is 1.47 bits per heavy atom. The third-order valence-corrected chi connectivity index (χ3v) is 4.32. The molecule has 1 aliphatic carbocycles. The molecule has 0 spiro atoms. The van der Waals surface area contributed by atoms with Crippen LogP contribution in [0.4, 0.5) is 0 Å². The number of carbonyl (C=O) groups is 1. The standard InChI is InChI=1S/C12H18N2O/c1-8-5-10-6-14(12(15)3-4-13)7-11(10)9(8)2/h8-11H,3,5-7H2,1-2H3. The van der Waals surface area contributed by atoms with Crippen molar-refractivity contribution < 1.29 is 4.79 Å². The molecule has 4 unspecified atom stereocenters. The first-order chi connectivity index (χ1) is 7.13. The summed E-state index contributed by atoms with van der Waals surface area (Å²) >= 11 is 0. The predicted molar refractivity (Wildman–Crippen MR) is 56.7 cm³/mol. The highest BCUT2D eigenvalue weighted by molar-refractivity contribution is 5.78. The molecule has 15 heavy (non-hydrogen) atoms. The lowest BCUT2D eigenvalue weighted by Gasteiger charge is -2.20. The van der Waals surface area contributed by atoms with Gasteiger partial charge in [-0.05, 0) is 30.1 Å². The highest BCUT2D eigenvalue weighted by Gasteiger charge is 2.45. The zero-order chi connectivity index (χ0) is 11.0. The van der Waals surface area contributed by atoms with Gasteiger partial charge in [-0.25, -0.2) is 0 Å². The molecule has 3 nitrogen and oxygen atoms in total. The molecule has 2 fully saturated rings. The largest absolute Gasteiger partial charge is 0.341 e. The van der Waals surface area contributed by atoms with Crippen molar-refractivity contribution in [3.05, 3.63) is 0 Å². The fourth-order valence-electron chi connectivity index (χ4n) is 3.24. The van der Waals surface area contributed by atoms with Crippen molar-refractivity contribution in [3.63, 3.8) is 0 Å². The summed E-state index contributed by atoms with van der Waals surface area (Å²) in [6.45, 7) is 6.38. The Morgan fingerprint density at radius 2 is 2.20 bits per heavy atom. The van der Waals surface area contributed by atoms with E-state index in [0.717, 1.165) is 24.9 Å². The Kier molecular flexibility index (Phi) is 2.68. The Balaban J connectivity index is 1.98. The number of amides is 1. The number of nitrogens with zero attached hydrogens (tertiary/aromatic N) is 2. The van der Waals surface area contributed by atoms with Crippen molar-refractivity contribution in [2.24, 2.45) is 23.7 Å². The van der Waals surface area contributed by atoms with Crippen LogP contribution in [0.2, 0.25) is 0 Å². The van der Waals surface area contributed by atoms with Crippen LogP contribution in [0, 0.1) is 35.0 Å². The fraction of sp³-hybridized carbons (Fsp3) is 0.833. The molecule has 82 valence electrons. The van der Waals surface area contributed by atoms with Crippen LogP contribution in [0.25, 0.3) is 0 Å². The summed E-state index contributed by atoms with van der Waals surface area (Å²) in [6, 6.07) is 1.94. The maximum atomic E-state index is 11.6. The molecule has 1 saturated heterocycles. The molecule has 2 rings (SSSR count). The van der Waals surface area contributed by atoms with Gasteiger partial charge in [0.1, 0.15) is 6.42 Å². The predicted octanol–water partition coefficient (Wildman–Crippen LogP) is 1.65. The lowest BCUT2D eigenvalue weighted by molar-refractivity contribution is -0.129. The van der Waals surface area contributed by atoms with Gasteiger partial charge >= 0.3 is 0 Å². The van der Waals surface area contributed by atoms with E-state index in [-0.39, 0.29) is 12.3 Å². The zero-order valence-corrected chi connectivity index (χ0v) is 9.44. The van der Waals surface area contributed by atoms with Gasteiger partial charge in [0.25, 0.3) is 0 Å². The Bertz CT molecular complexity index is 307. The first-order valence-electron chi connectivity index (χ1n) is 5.78. The summed E-state index contributed by atoms with van der Waals surface area (Å²) in [5.74, 6) is 2.93. The summed E-state index contributed by atoms with van der Waals surface area (Å²) < 4.78 is 0. The van der Waals surface area contributed by atoms with Crippen LogP contribution in [0.5, 0.6) is 0 Å². The molecule has 1 saturated carbocycles. The quantitative estimate of drug-likeness (QED) is 0.654. The van der Waals surface area contributed by atoms with Crippen molar-refractivity contribution in [3.8, 4) is 6.07 Å². The van der Waals surface area contributed by atoms with Crippen LogP contribution in [0.15, 0.2) is 0 Å². The molecule has 2 aliphatic rings. The van der Waals surface area contributed by atoms with E-state index in [2.05, 4.69) is 13.8 Å². The van der Waals surface area contributed by atoms with Crippen LogP contribution in [0.3, 0.4) is 0 Å². The number of rotatable bonds is 1. The van der Waals surface area contributed by atoms with Gasteiger partial charge in [-0.1, -0.05) is 13.8 Å². The summed E-state index contributed by atoms with van der Waals surface area (Å²) in [5, 5.41) is 8.50. The molecule has 0 aromatic heterocycles. The van der Waals surface area contributed by atoms with Crippen molar-refractivity contribution in [1.29, 1.82) is 5.26 Å². The van der Waals surface area contributed by atoms with E-state index < -0.39 is 0 Å². The van der Waals surface area contributed by atoms with Gasteiger partial charge < -0.3 is 4.90 Å². The summed E-state index contributed by atoms with van der Waals surface area (Å²) in [7, 11) is 0. The molecular formula is C12H18N2O. The summed E-state index contributed by atoms with van der Waals surface area (Å²) in [4.78, 5) is 13.5. The van der Waals surface area contributed by atoms with Gasteiger partial charge in [0.05, 0.1) is 6.07 Å². The Morgan fingerprint density at radius 3 is 2.80 bits per heavy atom. The molecule has 0 aromatic carbocycles. The molecule has 1 heterocycles. The molecule has 0 radical (unpaired) electrons. The smallest absolute Gasteiger partial charge is 0.236 e. The maximum absolute atomic E-state index is 11.6. The van der Waals surface area contributed by atoms with E-state index in [1.54, 1.807) is 0 Å². The zero-order valence-electron chi connectivity index (χ0n) is 9.44. The summed E-state index contributed by atoms with van der Waals surface area (Å²) in [5.41, 5.74) is 0. The second kappa shape index (κ2) is 3.84.